The zero-order valence-electron chi connectivity index (χ0n) is 12.7. The molecule has 0 aliphatic heterocycles. The van der Waals surface area contributed by atoms with E-state index in [-0.39, 0.29) is 0 Å². The van der Waals surface area contributed by atoms with E-state index in [0.717, 1.165) is 28.7 Å². The van der Waals surface area contributed by atoms with Crippen LogP contribution in [0.2, 0.25) is 0 Å². The Morgan fingerprint density at radius 2 is 2.14 bits per heavy atom. The van der Waals surface area contributed by atoms with Gasteiger partial charge in [-0.15, -0.1) is 0 Å². The maximum Gasteiger partial charge on any atom is 0.143 e. The van der Waals surface area contributed by atoms with E-state index in [9.17, 15) is 0 Å². The third kappa shape index (κ3) is 2.63. The van der Waals surface area contributed by atoms with Crippen LogP contribution >= 0.6 is 0 Å². The smallest absolute Gasteiger partial charge is 0.143 e. The lowest BCUT2D eigenvalue weighted by atomic mass is 10.1. The van der Waals surface area contributed by atoms with Crippen LogP contribution in [-0.4, -0.2) is 14.8 Å². The number of aromatic nitrogens is 3. The van der Waals surface area contributed by atoms with Crippen LogP contribution < -0.4 is 5.32 Å². The molecule has 5 nitrogen and oxygen atoms in total. The van der Waals surface area contributed by atoms with Crippen molar-refractivity contribution in [1.82, 2.24) is 14.8 Å². The Bertz CT molecular complexity index is 857. The molecule has 0 saturated heterocycles. The lowest BCUT2D eigenvalue weighted by Gasteiger charge is -2.10. The molecule has 0 radical (unpaired) electrons. The van der Waals surface area contributed by atoms with Gasteiger partial charge < -0.3 is 5.32 Å². The van der Waals surface area contributed by atoms with E-state index in [1.165, 1.54) is 5.56 Å². The lowest BCUT2D eigenvalue weighted by Crippen LogP contribution is -2.03. The van der Waals surface area contributed by atoms with Gasteiger partial charge in [-0.25, -0.2) is 4.98 Å². The summed E-state index contributed by atoms with van der Waals surface area (Å²) >= 11 is 0. The van der Waals surface area contributed by atoms with E-state index < -0.39 is 0 Å². The van der Waals surface area contributed by atoms with Crippen molar-refractivity contribution in [3.8, 4) is 6.07 Å². The average molecular weight is 291 g/mol. The third-order valence-electron chi connectivity index (χ3n) is 3.63. The molecule has 5 heteroatoms. The fourth-order valence-corrected chi connectivity index (χ4v) is 2.60. The van der Waals surface area contributed by atoms with Gasteiger partial charge in [0.1, 0.15) is 11.8 Å². The maximum absolute atomic E-state index is 9.14. The number of anilines is 1. The van der Waals surface area contributed by atoms with Gasteiger partial charge in [-0.1, -0.05) is 25.1 Å². The Hall–Kier alpha value is -2.87. The van der Waals surface area contributed by atoms with Crippen molar-refractivity contribution >= 4 is 16.6 Å². The van der Waals surface area contributed by atoms with E-state index in [2.05, 4.69) is 28.4 Å². The largest absolute Gasteiger partial charge is 0.380 e. The molecule has 22 heavy (non-hydrogen) atoms. The highest BCUT2D eigenvalue weighted by Gasteiger charge is 2.08. The summed E-state index contributed by atoms with van der Waals surface area (Å²) in [6.07, 6.45) is 2.93. The molecule has 3 aromatic rings. The first-order valence-electron chi connectivity index (χ1n) is 7.26. The topological polar surface area (TPSA) is 66.5 Å². The summed E-state index contributed by atoms with van der Waals surface area (Å²) in [6, 6.07) is 11.7. The summed E-state index contributed by atoms with van der Waals surface area (Å²) < 4.78 is 1.83. The van der Waals surface area contributed by atoms with Crippen molar-refractivity contribution in [3.63, 3.8) is 0 Å². The summed E-state index contributed by atoms with van der Waals surface area (Å²) in [5.41, 5.74) is 4.43. The minimum atomic E-state index is 0.420. The molecule has 0 atom stereocenters. The molecule has 0 bridgehead atoms. The van der Waals surface area contributed by atoms with Crippen molar-refractivity contribution in [2.45, 2.75) is 19.9 Å². The Balaban J connectivity index is 1.95. The van der Waals surface area contributed by atoms with Crippen LogP contribution in [0.1, 0.15) is 23.9 Å². The summed E-state index contributed by atoms with van der Waals surface area (Å²) in [4.78, 5) is 4.33. The average Bonchev–Trinajstić information content (AvgIpc) is 2.92. The predicted octanol–water partition coefficient (Wildman–Crippen LogP) is 3.01. The molecule has 1 aromatic carbocycles. The highest BCUT2D eigenvalue weighted by molar-refractivity contribution is 5.91. The quantitative estimate of drug-likeness (QED) is 0.802. The Labute approximate surface area is 129 Å². The molecule has 0 saturated carbocycles. The number of aryl methyl sites for hydroxylation is 2. The summed E-state index contributed by atoms with van der Waals surface area (Å²) in [7, 11) is 1.93. The van der Waals surface area contributed by atoms with Crippen LogP contribution in [-0.2, 0) is 20.0 Å². The van der Waals surface area contributed by atoms with Crippen LogP contribution in [0.3, 0.4) is 0 Å². The number of benzene rings is 1. The van der Waals surface area contributed by atoms with Gasteiger partial charge in [-0.05, 0) is 18.6 Å². The first-order valence-corrected chi connectivity index (χ1v) is 7.26. The van der Waals surface area contributed by atoms with Crippen molar-refractivity contribution in [2.24, 2.45) is 7.05 Å². The second-order valence-corrected chi connectivity index (χ2v) is 5.17. The standard InChI is InChI=1S/C17H17N5/c1-3-15-12(11-22(2)21-15)10-19-17-8-13(9-18)20-16-7-5-4-6-14(16)17/h4-8,11H,3,10H2,1-2H3,(H,19,20). The number of pyridine rings is 1. The van der Waals surface area contributed by atoms with Crippen LogP contribution in [0.5, 0.6) is 0 Å². The number of rotatable bonds is 4. The molecule has 0 fully saturated rings. The van der Waals surface area contributed by atoms with Crippen LogP contribution in [0.15, 0.2) is 36.5 Å². The second-order valence-electron chi connectivity index (χ2n) is 5.17. The minimum absolute atomic E-state index is 0.420. The Kier molecular flexibility index (Phi) is 3.75. The molecule has 0 unspecified atom stereocenters. The lowest BCUT2D eigenvalue weighted by molar-refractivity contribution is 0.746. The maximum atomic E-state index is 9.14. The molecule has 0 spiro atoms. The number of para-hydroxylation sites is 1. The molecular weight excluding hydrogens is 274 g/mol. The molecule has 2 heterocycles. The molecular formula is C17H17N5. The molecule has 0 amide bonds. The third-order valence-corrected chi connectivity index (χ3v) is 3.63. The zero-order valence-corrected chi connectivity index (χ0v) is 12.7. The number of nitrogens with zero attached hydrogens (tertiary/aromatic N) is 4. The minimum Gasteiger partial charge on any atom is -0.380 e. The van der Waals surface area contributed by atoms with Gasteiger partial charge in [0.05, 0.1) is 11.2 Å². The molecule has 1 N–H and O–H groups in total. The zero-order chi connectivity index (χ0) is 15.5. The second kappa shape index (κ2) is 5.86. The van der Waals surface area contributed by atoms with Gasteiger partial charge in [-0.3, -0.25) is 4.68 Å². The first kappa shape index (κ1) is 14.1. The number of fused-ring (bicyclic) bond motifs is 1. The SMILES string of the molecule is CCc1nn(C)cc1CNc1cc(C#N)nc2ccccc12. The normalized spacial score (nSPS) is 10.6. The number of nitriles is 1. The van der Waals surface area contributed by atoms with Crippen molar-refractivity contribution in [3.05, 3.63) is 53.5 Å². The number of nitrogens with one attached hydrogen (secondary N) is 1. The summed E-state index contributed by atoms with van der Waals surface area (Å²) in [6.45, 7) is 2.78. The van der Waals surface area contributed by atoms with E-state index in [0.29, 0.717) is 12.2 Å². The van der Waals surface area contributed by atoms with Crippen molar-refractivity contribution in [2.75, 3.05) is 5.32 Å². The van der Waals surface area contributed by atoms with E-state index >= 15 is 0 Å². The highest BCUT2D eigenvalue weighted by Crippen LogP contribution is 2.23. The Morgan fingerprint density at radius 1 is 1.32 bits per heavy atom. The van der Waals surface area contributed by atoms with E-state index in [1.54, 1.807) is 6.07 Å². The highest BCUT2D eigenvalue weighted by atomic mass is 15.3. The van der Waals surface area contributed by atoms with Crippen LogP contribution in [0.4, 0.5) is 5.69 Å². The fraction of sp³-hybridized carbons (Fsp3) is 0.235. The van der Waals surface area contributed by atoms with Gasteiger partial charge in [0.15, 0.2) is 0 Å². The first-order chi connectivity index (χ1) is 10.7. The Morgan fingerprint density at radius 3 is 2.91 bits per heavy atom. The molecule has 0 aliphatic carbocycles. The molecule has 0 aliphatic rings. The molecule has 3 rings (SSSR count). The van der Waals surface area contributed by atoms with Gasteiger partial charge >= 0.3 is 0 Å². The number of hydrogen-bond acceptors (Lipinski definition) is 4. The van der Waals surface area contributed by atoms with Gasteiger partial charge in [-0.2, -0.15) is 10.4 Å². The predicted molar refractivity (Wildman–Crippen MR) is 86.4 cm³/mol. The van der Waals surface area contributed by atoms with Crippen LogP contribution in [0, 0.1) is 11.3 Å². The molecule has 110 valence electrons. The number of hydrogen-bond donors (Lipinski definition) is 1. The van der Waals surface area contributed by atoms with Crippen LogP contribution in [0.25, 0.3) is 10.9 Å². The summed E-state index contributed by atoms with van der Waals surface area (Å²) in [5.74, 6) is 0. The molecule has 2 aromatic heterocycles. The van der Waals surface area contributed by atoms with Crippen molar-refractivity contribution in [1.29, 1.82) is 5.26 Å². The fourth-order valence-electron chi connectivity index (χ4n) is 2.60. The van der Waals surface area contributed by atoms with E-state index in [1.807, 2.05) is 42.2 Å². The monoisotopic (exact) mass is 291 g/mol. The van der Waals surface area contributed by atoms with Gasteiger partial charge in [0.25, 0.3) is 0 Å². The van der Waals surface area contributed by atoms with Gasteiger partial charge in [0.2, 0.25) is 0 Å². The van der Waals surface area contributed by atoms with Gasteiger partial charge in [0, 0.05) is 36.4 Å². The van der Waals surface area contributed by atoms with Crippen molar-refractivity contribution < 1.29 is 0 Å². The van der Waals surface area contributed by atoms with E-state index in [4.69, 9.17) is 5.26 Å². The summed E-state index contributed by atoms with van der Waals surface area (Å²) in [5, 5.41) is 18.0.